The molecule has 2 aliphatic heterocycles. The minimum Gasteiger partial charge on any atom is -0.368 e. The van der Waals surface area contributed by atoms with Crippen LogP contribution in [-0.4, -0.2) is 85.4 Å². The van der Waals surface area contributed by atoms with E-state index in [1.165, 1.54) is 76.2 Å². The first-order valence-corrected chi connectivity index (χ1v) is 19.0. The highest BCUT2D eigenvalue weighted by atomic mass is 32.2. The van der Waals surface area contributed by atoms with E-state index in [2.05, 4.69) is 92.6 Å². The highest BCUT2D eigenvalue weighted by Gasteiger charge is 2.40. The van der Waals surface area contributed by atoms with Crippen LogP contribution in [0, 0.1) is 0 Å². The molecule has 1 saturated carbocycles. The maximum atomic E-state index is 9.19. The van der Waals surface area contributed by atoms with Crippen LogP contribution in [0.15, 0.2) is 58.8 Å². The summed E-state index contributed by atoms with van der Waals surface area (Å²) in [7, 11) is -2.94. The zero-order chi connectivity index (χ0) is 33.3. The highest BCUT2D eigenvalue weighted by molar-refractivity contribution is 7.85. The maximum Gasteiger partial charge on any atom is 0.261 e. The molecule has 1 fully saturated rings. The van der Waals surface area contributed by atoms with Crippen LogP contribution >= 0.6 is 0 Å². The Kier molecular flexibility index (Phi) is 9.64. The Morgan fingerprint density at radius 1 is 0.696 bits per heavy atom. The quantitative estimate of drug-likeness (QED) is 0.239. The van der Waals surface area contributed by atoms with E-state index in [4.69, 9.17) is 9.11 Å². The van der Waals surface area contributed by atoms with Crippen molar-refractivity contribution in [3.05, 3.63) is 71.0 Å². The van der Waals surface area contributed by atoms with Crippen molar-refractivity contribution in [3.8, 4) is 0 Å². The summed E-state index contributed by atoms with van der Waals surface area (Å²) in [6.07, 6.45) is 12.5. The number of benzene rings is 2. The number of rotatable bonds is 4. The van der Waals surface area contributed by atoms with Crippen molar-refractivity contribution in [2.45, 2.75) is 37.5 Å². The van der Waals surface area contributed by atoms with Gasteiger partial charge in [0.1, 0.15) is 11.7 Å². The molecule has 4 aromatic rings. The molecular weight excluding hydrogens is 629 g/mol. The molecule has 0 atom stereocenters. The molecule has 3 aliphatic rings. The number of nitrogens with zero attached hydrogens (tertiary/aromatic N) is 4. The molecule has 12 nitrogen and oxygen atoms in total. The van der Waals surface area contributed by atoms with E-state index in [1.54, 1.807) is 0 Å². The molecule has 0 amide bonds. The summed E-state index contributed by atoms with van der Waals surface area (Å²) in [5.41, 5.74) is 7.93. The van der Waals surface area contributed by atoms with E-state index in [1.807, 2.05) is 0 Å². The van der Waals surface area contributed by atoms with Crippen molar-refractivity contribution in [2.75, 3.05) is 38.7 Å². The Morgan fingerprint density at radius 2 is 1.09 bits per heavy atom. The van der Waals surface area contributed by atoms with Gasteiger partial charge in [-0.25, -0.2) is 0 Å². The van der Waals surface area contributed by atoms with Crippen molar-refractivity contribution in [1.82, 2.24) is 19.8 Å². The average Bonchev–Trinajstić information content (AvgIpc) is 3.80. The highest BCUT2D eigenvalue weighted by Crippen LogP contribution is 2.50. The third-order valence-corrected chi connectivity index (χ3v) is 8.61. The van der Waals surface area contributed by atoms with Crippen LogP contribution in [0.4, 0.5) is 0 Å². The minimum absolute atomic E-state index is 0.0204. The maximum absolute atomic E-state index is 9.19. The summed E-state index contributed by atoms with van der Waals surface area (Å²) in [6.45, 7) is 3.59. The van der Waals surface area contributed by atoms with Gasteiger partial charge in [0, 0.05) is 77.9 Å². The number of aryl methyl sites for hydroxylation is 2. The van der Waals surface area contributed by atoms with Crippen LogP contribution in [0.3, 0.4) is 0 Å². The number of amidine groups is 2. The lowest BCUT2D eigenvalue weighted by Gasteiger charge is -2.38. The third-order valence-electron chi connectivity index (χ3n) is 8.61. The Labute approximate surface area is 270 Å². The molecule has 4 N–H and O–H groups in total. The van der Waals surface area contributed by atoms with Crippen LogP contribution in [-0.2, 0) is 39.7 Å². The molecule has 0 radical (unpaired) electrons. The molecule has 0 saturated heterocycles. The van der Waals surface area contributed by atoms with Crippen LogP contribution < -0.4 is 10.6 Å². The Morgan fingerprint density at radius 3 is 1.43 bits per heavy atom. The van der Waals surface area contributed by atoms with E-state index < -0.39 is 20.2 Å². The summed E-state index contributed by atoms with van der Waals surface area (Å²) >= 11 is 0. The lowest BCUT2D eigenvalue weighted by molar-refractivity contribution is 0.349. The van der Waals surface area contributed by atoms with Gasteiger partial charge in [-0.2, -0.15) is 16.8 Å². The number of fused-ring (bicyclic) bond motifs is 2. The van der Waals surface area contributed by atoms with Crippen molar-refractivity contribution in [2.24, 2.45) is 24.1 Å². The Balaban J connectivity index is 0.000000366. The second-order valence-corrected chi connectivity index (χ2v) is 15.1. The van der Waals surface area contributed by atoms with Gasteiger partial charge in [0.05, 0.1) is 25.6 Å². The van der Waals surface area contributed by atoms with Crippen molar-refractivity contribution < 1.29 is 25.9 Å². The summed E-state index contributed by atoms with van der Waals surface area (Å²) in [4.78, 5) is 9.31. The molecule has 46 heavy (non-hydrogen) atoms. The van der Waals surface area contributed by atoms with Gasteiger partial charge >= 0.3 is 0 Å². The van der Waals surface area contributed by atoms with Gasteiger partial charge in [-0.1, -0.05) is 43.5 Å². The van der Waals surface area contributed by atoms with Gasteiger partial charge in [-0.3, -0.25) is 19.1 Å². The van der Waals surface area contributed by atoms with Crippen LogP contribution in [0.25, 0.3) is 21.8 Å². The SMILES string of the molecule is CS(=O)(=O)O.CS(=O)(=O)O.Cn1cc(C2(c3cn(C)c4cc(C5=NCCN5)ccc34)CCCCC2)c2ccc(C3=NCCN3)cc21. The fourth-order valence-electron chi connectivity index (χ4n) is 6.85. The topological polar surface area (TPSA) is 167 Å². The smallest absolute Gasteiger partial charge is 0.261 e. The molecule has 0 unspecified atom stereocenters. The lowest BCUT2D eigenvalue weighted by Crippen LogP contribution is -2.30. The number of hydrogen-bond donors (Lipinski definition) is 4. The first-order valence-electron chi connectivity index (χ1n) is 15.3. The van der Waals surface area contributed by atoms with Gasteiger partial charge in [0.25, 0.3) is 20.2 Å². The van der Waals surface area contributed by atoms with Crippen molar-refractivity contribution in [3.63, 3.8) is 0 Å². The van der Waals surface area contributed by atoms with Crippen LogP contribution in [0.2, 0.25) is 0 Å². The second kappa shape index (κ2) is 13.2. The van der Waals surface area contributed by atoms with Gasteiger partial charge in [0.2, 0.25) is 0 Å². The molecule has 248 valence electrons. The third kappa shape index (κ3) is 7.63. The fourth-order valence-corrected chi connectivity index (χ4v) is 6.85. The molecule has 14 heteroatoms. The number of hydrogen-bond acceptors (Lipinski definition) is 8. The number of nitrogens with one attached hydrogen (secondary N) is 2. The van der Waals surface area contributed by atoms with E-state index in [0.717, 1.165) is 37.9 Å². The summed E-state index contributed by atoms with van der Waals surface area (Å²) in [5.74, 6) is 2.05. The van der Waals surface area contributed by atoms with Gasteiger partial charge in [-0.15, -0.1) is 0 Å². The number of aromatic nitrogens is 2. The Hall–Kier alpha value is -3.72. The molecule has 7 rings (SSSR count). The van der Waals surface area contributed by atoms with Crippen LogP contribution in [0.5, 0.6) is 0 Å². The van der Waals surface area contributed by atoms with Gasteiger partial charge in [-0.05, 0) is 36.1 Å². The number of aliphatic imine (C=N–C) groups is 2. The largest absolute Gasteiger partial charge is 0.368 e. The van der Waals surface area contributed by atoms with Crippen molar-refractivity contribution in [1.29, 1.82) is 0 Å². The lowest BCUT2D eigenvalue weighted by atomic mass is 9.65. The van der Waals surface area contributed by atoms with Gasteiger partial charge < -0.3 is 19.8 Å². The van der Waals surface area contributed by atoms with E-state index >= 15 is 0 Å². The molecule has 0 bridgehead atoms. The summed E-state index contributed by atoms with van der Waals surface area (Å²) in [5, 5.41) is 9.62. The molecule has 4 heterocycles. The molecule has 2 aromatic carbocycles. The predicted molar refractivity (Wildman–Crippen MR) is 183 cm³/mol. The fraction of sp³-hybridized carbons (Fsp3) is 0.438. The predicted octanol–water partition coefficient (Wildman–Crippen LogP) is 3.63. The molecular formula is C32H42N6O6S2. The summed E-state index contributed by atoms with van der Waals surface area (Å²) in [6, 6.07) is 13.8. The monoisotopic (exact) mass is 670 g/mol. The Bertz CT molecular complexity index is 1880. The van der Waals surface area contributed by atoms with E-state index in [0.29, 0.717) is 12.5 Å². The standard InChI is InChI=1S/C30H34N6.2CH4O3S/c1-35-18-24(22-8-6-20(16-26(22)35)28-31-12-13-32-28)30(10-4-3-5-11-30)25-19-36(2)27-17-21(7-9-23(25)27)29-33-14-15-34-29;2*1-5(2,3)4/h6-9,16-19H,3-5,10-15H2,1-2H3,(H,31,32)(H,33,34);2*1H3,(H,2,3,4). The minimum atomic E-state index is -3.67. The van der Waals surface area contributed by atoms with Gasteiger partial charge in [0.15, 0.2) is 0 Å². The van der Waals surface area contributed by atoms with Crippen molar-refractivity contribution >= 4 is 53.7 Å². The first-order chi connectivity index (χ1) is 21.6. The van der Waals surface area contributed by atoms with E-state index in [-0.39, 0.29) is 5.41 Å². The zero-order valence-corrected chi connectivity index (χ0v) is 28.2. The second-order valence-electron chi connectivity index (χ2n) is 12.2. The molecule has 0 spiro atoms. The summed E-state index contributed by atoms with van der Waals surface area (Å²) < 4.78 is 56.4. The van der Waals surface area contributed by atoms with E-state index in [9.17, 15) is 16.8 Å². The molecule has 2 aromatic heterocycles. The van der Waals surface area contributed by atoms with Crippen LogP contribution in [0.1, 0.15) is 54.4 Å². The normalized spacial score (nSPS) is 17.7. The first kappa shape index (κ1) is 33.6. The molecule has 1 aliphatic carbocycles. The average molecular weight is 671 g/mol. The zero-order valence-electron chi connectivity index (χ0n) is 26.6.